The van der Waals surface area contributed by atoms with E-state index in [0.717, 1.165) is 22.4 Å². The summed E-state index contributed by atoms with van der Waals surface area (Å²) in [4.78, 5) is 18.0. The van der Waals surface area contributed by atoms with Gasteiger partial charge in [0, 0.05) is 17.7 Å². The predicted molar refractivity (Wildman–Crippen MR) is 109 cm³/mol. The van der Waals surface area contributed by atoms with Gasteiger partial charge in [-0.05, 0) is 62.6 Å². The number of carboxylic acid groups (broad SMARTS) is 1. The number of aryl methyl sites for hydroxylation is 2. The molecule has 0 amide bonds. The van der Waals surface area contributed by atoms with Gasteiger partial charge in [0.1, 0.15) is 11.8 Å². The number of amidine groups is 1. The molecule has 1 heterocycles. The second-order valence-corrected chi connectivity index (χ2v) is 7.09. The van der Waals surface area contributed by atoms with Gasteiger partial charge < -0.3 is 14.7 Å². The maximum absolute atomic E-state index is 10.8. The second-order valence-electron chi connectivity index (χ2n) is 7.09. The molecule has 2 aromatic rings. The van der Waals surface area contributed by atoms with Gasteiger partial charge in [-0.15, -0.1) is 0 Å². The van der Waals surface area contributed by atoms with Crippen LogP contribution in [-0.2, 0) is 16.1 Å². The number of hydrogen-bond donors (Lipinski definition) is 1. The average Bonchev–Trinajstić information content (AvgIpc) is 3.16. The van der Waals surface area contributed by atoms with E-state index in [1.165, 1.54) is 0 Å². The highest BCUT2D eigenvalue weighted by Gasteiger charge is 2.24. The normalized spacial score (nSPS) is 13.1. The molecule has 0 radical (unpaired) electrons. The Bertz CT molecular complexity index is 992. The fourth-order valence-corrected chi connectivity index (χ4v) is 3.15. The summed E-state index contributed by atoms with van der Waals surface area (Å²) in [7, 11) is 0. The maximum atomic E-state index is 10.8. The third kappa shape index (κ3) is 4.66. The van der Waals surface area contributed by atoms with Crippen molar-refractivity contribution in [3.05, 3.63) is 58.7 Å². The van der Waals surface area contributed by atoms with E-state index in [2.05, 4.69) is 11.2 Å². The summed E-state index contributed by atoms with van der Waals surface area (Å²) < 4.78 is 5.69. The van der Waals surface area contributed by atoms with Gasteiger partial charge in [0.25, 0.3) is 0 Å². The zero-order chi connectivity index (χ0) is 21.0. The van der Waals surface area contributed by atoms with Crippen LogP contribution in [0.1, 0.15) is 42.5 Å². The van der Waals surface area contributed by atoms with Crippen LogP contribution in [0.3, 0.4) is 0 Å². The van der Waals surface area contributed by atoms with E-state index in [9.17, 15) is 10.1 Å². The molecular formula is C22H23N3O4. The van der Waals surface area contributed by atoms with Gasteiger partial charge in [0.2, 0.25) is 0 Å². The number of oxime groups is 1. The van der Waals surface area contributed by atoms with Crippen LogP contribution in [0.15, 0.2) is 41.6 Å². The standard InChI is InChI=1S/C22H23N3O4/c1-14(2)29-20-8-7-19(11-18(20)12-23)25-13-28-24-22(25)17-5-4-16(15(3)10-17)6-9-21(26)27/h4-5,7-8,10-11,14H,6,9,13H2,1-3H3,(H,26,27). The lowest BCUT2D eigenvalue weighted by Crippen LogP contribution is -2.28. The molecule has 1 N–H and O–H groups in total. The average molecular weight is 393 g/mol. The number of hydrogen-bond acceptors (Lipinski definition) is 6. The molecule has 1 aliphatic rings. The van der Waals surface area contributed by atoms with E-state index >= 15 is 0 Å². The first-order valence-electron chi connectivity index (χ1n) is 9.39. The van der Waals surface area contributed by atoms with E-state index in [1.54, 1.807) is 12.1 Å². The maximum Gasteiger partial charge on any atom is 0.303 e. The van der Waals surface area contributed by atoms with E-state index in [0.29, 0.717) is 23.6 Å². The Morgan fingerprint density at radius 1 is 1.34 bits per heavy atom. The predicted octanol–water partition coefficient (Wildman–Crippen LogP) is 3.83. The van der Waals surface area contributed by atoms with Gasteiger partial charge in [-0.25, -0.2) is 0 Å². The van der Waals surface area contributed by atoms with Crippen molar-refractivity contribution in [1.29, 1.82) is 5.26 Å². The molecule has 0 atom stereocenters. The van der Waals surface area contributed by atoms with Crippen LogP contribution in [0.25, 0.3) is 0 Å². The smallest absolute Gasteiger partial charge is 0.303 e. The first-order chi connectivity index (χ1) is 13.9. The van der Waals surface area contributed by atoms with Crippen LogP contribution in [0.5, 0.6) is 5.75 Å². The molecule has 0 fully saturated rings. The Balaban J connectivity index is 1.86. The van der Waals surface area contributed by atoms with Gasteiger partial charge in [0.15, 0.2) is 12.6 Å². The molecule has 0 aromatic heterocycles. The minimum atomic E-state index is -0.814. The van der Waals surface area contributed by atoms with Gasteiger partial charge in [-0.2, -0.15) is 5.26 Å². The highest BCUT2D eigenvalue weighted by atomic mass is 16.7. The first kappa shape index (κ1) is 20.2. The van der Waals surface area contributed by atoms with Crippen molar-refractivity contribution in [3.63, 3.8) is 0 Å². The van der Waals surface area contributed by atoms with Crippen LogP contribution in [0.2, 0.25) is 0 Å². The lowest BCUT2D eigenvalue weighted by atomic mass is 10.0. The van der Waals surface area contributed by atoms with Crippen LogP contribution in [-0.4, -0.2) is 29.7 Å². The fourth-order valence-electron chi connectivity index (χ4n) is 3.15. The summed E-state index contributed by atoms with van der Waals surface area (Å²) >= 11 is 0. The second kappa shape index (κ2) is 8.65. The fraction of sp³-hybridized carbons (Fsp3) is 0.318. The molecule has 0 unspecified atom stereocenters. The largest absolute Gasteiger partial charge is 0.490 e. The van der Waals surface area contributed by atoms with Crippen molar-refractivity contribution >= 4 is 17.5 Å². The number of carbonyl (C=O) groups is 1. The summed E-state index contributed by atoms with van der Waals surface area (Å²) in [5.41, 5.74) is 4.07. The zero-order valence-corrected chi connectivity index (χ0v) is 16.7. The third-order valence-electron chi connectivity index (χ3n) is 4.56. The molecule has 7 nitrogen and oxygen atoms in total. The quantitative estimate of drug-likeness (QED) is 0.768. The topological polar surface area (TPSA) is 95.2 Å². The monoisotopic (exact) mass is 393 g/mol. The Hall–Kier alpha value is -3.53. The van der Waals surface area contributed by atoms with Crippen molar-refractivity contribution in [2.75, 3.05) is 11.6 Å². The molecule has 0 aliphatic carbocycles. The molecule has 3 rings (SSSR count). The highest BCUT2D eigenvalue weighted by Crippen LogP contribution is 2.29. The van der Waals surface area contributed by atoms with Crippen LogP contribution >= 0.6 is 0 Å². The third-order valence-corrected chi connectivity index (χ3v) is 4.56. The summed E-state index contributed by atoms with van der Waals surface area (Å²) in [5, 5.41) is 22.5. The van der Waals surface area contributed by atoms with E-state index in [4.69, 9.17) is 14.7 Å². The number of benzene rings is 2. The number of nitrogens with zero attached hydrogens (tertiary/aromatic N) is 3. The molecule has 0 saturated heterocycles. The minimum absolute atomic E-state index is 0.0252. The molecule has 0 bridgehead atoms. The Labute approximate surface area is 169 Å². The van der Waals surface area contributed by atoms with Crippen molar-refractivity contribution in [2.24, 2.45) is 5.16 Å². The Kier molecular flexibility index (Phi) is 6.03. The SMILES string of the molecule is Cc1cc(C2=NOCN2c2ccc(OC(C)C)c(C#N)c2)ccc1CCC(=O)O. The van der Waals surface area contributed by atoms with E-state index in [-0.39, 0.29) is 19.3 Å². The molecule has 150 valence electrons. The molecular weight excluding hydrogens is 370 g/mol. The van der Waals surface area contributed by atoms with Crippen molar-refractivity contribution < 1.29 is 19.5 Å². The minimum Gasteiger partial charge on any atom is -0.490 e. The number of ether oxygens (including phenoxy) is 1. The van der Waals surface area contributed by atoms with E-state index < -0.39 is 5.97 Å². The molecule has 0 saturated carbocycles. The summed E-state index contributed by atoms with van der Waals surface area (Å²) in [6.07, 6.45) is 0.553. The molecule has 7 heteroatoms. The van der Waals surface area contributed by atoms with Crippen molar-refractivity contribution in [2.45, 2.75) is 39.7 Å². The summed E-state index contributed by atoms with van der Waals surface area (Å²) in [6, 6.07) is 13.4. The number of carboxylic acids is 1. The first-order valence-corrected chi connectivity index (χ1v) is 9.39. The number of nitriles is 1. The summed E-state index contributed by atoms with van der Waals surface area (Å²) in [5.74, 6) is 0.370. The molecule has 1 aliphatic heterocycles. The zero-order valence-electron chi connectivity index (χ0n) is 16.7. The van der Waals surface area contributed by atoms with Gasteiger partial charge in [-0.1, -0.05) is 17.3 Å². The van der Waals surface area contributed by atoms with Crippen LogP contribution < -0.4 is 9.64 Å². The lowest BCUT2D eigenvalue weighted by Gasteiger charge is -2.20. The summed E-state index contributed by atoms with van der Waals surface area (Å²) in [6.45, 7) is 6.02. The van der Waals surface area contributed by atoms with Crippen molar-refractivity contribution in [1.82, 2.24) is 0 Å². The molecule has 2 aromatic carbocycles. The van der Waals surface area contributed by atoms with Crippen molar-refractivity contribution in [3.8, 4) is 11.8 Å². The van der Waals surface area contributed by atoms with Gasteiger partial charge in [0.05, 0.1) is 11.7 Å². The number of rotatable bonds is 7. The van der Waals surface area contributed by atoms with E-state index in [1.807, 2.05) is 49.9 Å². The van der Waals surface area contributed by atoms with Gasteiger partial charge in [-0.3, -0.25) is 9.69 Å². The van der Waals surface area contributed by atoms with Crippen LogP contribution in [0.4, 0.5) is 5.69 Å². The number of aliphatic carboxylic acids is 1. The highest BCUT2D eigenvalue weighted by molar-refractivity contribution is 6.10. The Morgan fingerprint density at radius 3 is 2.79 bits per heavy atom. The number of anilines is 1. The molecule has 29 heavy (non-hydrogen) atoms. The Morgan fingerprint density at radius 2 is 2.14 bits per heavy atom. The molecule has 0 spiro atoms. The lowest BCUT2D eigenvalue weighted by molar-refractivity contribution is -0.136. The van der Waals surface area contributed by atoms with Gasteiger partial charge >= 0.3 is 5.97 Å². The van der Waals surface area contributed by atoms with Crippen LogP contribution in [0, 0.1) is 18.3 Å².